The van der Waals surface area contributed by atoms with Crippen LogP contribution >= 0.6 is 27.5 Å². The normalized spacial score (nSPS) is 11.1. The lowest BCUT2D eigenvalue weighted by Gasteiger charge is -1.95. The molecule has 0 amide bonds. The number of aryl methyl sites for hydroxylation is 1. The maximum absolute atomic E-state index is 4.54. The molecule has 3 aromatic rings. The summed E-state index contributed by atoms with van der Waals surface area (Å²) in [6.07, 6.45) is 2.03. The quantitative estimate of drug-likeness (QED) is 0.687. The van der Waals surface area contributed by atoms with Crippen molar-refractivity contribution in [2.24, 2.45) is 0 Å². The highest BCUT2D eigenvalue weighted by Crippen LogP contribution is 2.23. The Bertz CT molecular complexity index is 639. The van der Waals surface area contributed by atoms with Crippen molar-refractivity contribution < 1.29 is 0 Å². The van der Waals surface area contributed by atoms with E-state index in [-0.39, 0.29) is 0 Å². The molecule has 0 unspecified atom stereocenters. The molecule has 0 aliphatic carbocycles. The van der Waals surface area contributed by atoms with Gasteiger partial charge in [0.25, 0.3) is 0 Å². The molecule has 0 saturated heterocycles. The van der Waals surface area contributed by atoms with Crippen LogP contribution in [0.1, 0.15) is 5.82 Å². The van der Waals surface area contributed by atoms with Crippen LogP contribution in [0.2, 0.25) is 0 Å². The topological polar surface area (TPSA) is 30.2 Å². The van der Waals surface area contributed by atoms with Crippen LogP contribution in [0, 0.1) is 6.92 Å². The van der Waals surface area contributed by atoms with E-state index >= 15 is 0 Å². The minimum absolute atomic E-state index is 0.940. The summed E-state index contributed by atoms with van der Waals surface area (Å²) >= 11 is 4.85. The van der Waals surface area contributed by atoms with Crippen molar-refractivity contribution in [3.05, 3.63) is 40.8 Å². The zero-order chi connectivity index (χ0) is 11.1. The molecule has 0 fully saturated rings. The second kappa shape index (κ2) is 3.68. The van der Waals surface area contributed by atoms with Crippen LogP contribution in [0.25, 0.3) is 16.2 Å². The first kappa shape index (κ1) is 9.99. The molecule has 1 aromatic carbocycles. The van der Waals surface area contributed by atoms with E-state index in [9.17, 15) is 0 Å². The lowest BCUT2D eigenvalue weighted by atomic mass is 10.2. The maximum atomic E-state index is 4.54. The summed E-state index contributed by atoms with van der Waals surface area (Å²) in [5.41, 5.74) is 2.11. The van der Waals surface area contributed by atoms with E-state index in [4.69, 9.17) is 0 Å². The van der Waals surface area contributed by atoms with Gasteiger partial charge in [-0.25, -0.2) is 4.98 Å². The lowest BCUT2D eigenvalue weighted by molar-refractivity contribution is 1.07. The van der Waals surface area contributed by atoms with Crippen LogP contribution < -0.4 is 0 Å². The molecule has 0 aliphatic heterocycles. The molecule has 0 spiro atoms. The van der Waals surface area contributed by atoms with Gasteiger partial charge in [0.2, 0.25) is 4.96 Å². The largest absolute Gasteiger partial charge is 0.277 e. The minimum atomic E-state index is 0.940. The Labute approximate surface area is 105 Å². The van der Waals surface area contributed by atoms with Crippen molar-refractivity contribution in [3.63, 3.8) is 0 Å². The Kier molecular flexibility index (Phi) is 2.29. The highest BCUT2D eigenvalue weighted by Gasteiger charge is 2.07. The van der Waals surface area contributed by atoms with Crippen molar-refractivity contribution in [3.8, 4) is 11.3 Å². The molecule has 3 nitrogen and oxygen atoms in total. The van der Waals surface area contributed by atoms with Crippen LogP contribution in [0.4, 0.5) is 0 Å². The number of halogens is 1. The van der Waals surface area contributed by atoms with Crippen molar-refractivity contribution in [2.45, 2.75) is 6.92 Å². The van der Waals surface area contributed by atoms with Crippen molar-refractivity contribution in [1.82, 2.24) is 13.8 Å². The van der Waals surface area contributed by atoms with Crippen LogP contribution in [0.5, 0.6) is 0 Å². The summed E-state index contributed by atoms with van der Waals surface area (Å²) < 4.78 is 7.33. The fourth-order valence-corrected chi connectivity index (χ4v) is 2.55. The number of nitrogens with zero attached hydrogens (tertiary/aromatic N) is 3. The van der Waals surface area contributed by atoms with Gasteiger partial charge in [0.05, 0.1) is 5.69 Å². The van der Waals surface area contributed by atoms with E-state index in [1.165, 1.54) is 11.5 Å². The molecule has 0 bridgehead atoms. The van der Waals surface area contributed by atoms with Gasteiger partial charge in [-0.15, -0.1) is 0 Å². The van der Waals surface area contributed by atoms with E-state index in [1.54, 1.807) is 0 Å². The molecule has 0 saturated carbocycles. The Morgan fingerprint density at radius 1 is 1.25 bits per heavy atom. The van der Waals surface area contributed by atoms with Crippen LogP contribution in [0.15, 0.2) is 34.9 Å². The Balaban J connectivity index is 2.15. The van der Waals surface area contributed by atoms with Gasteiger partial charge in [-0.2, -0.15) is 4.37 Å². The number of fused-ring (bicyclic) bond motifs is 1. The Morgan fingerprint density at radius 2 is 2.00 bits per heavy atom. The minimum Gasteiger partial charge on any atom is -0.277 e. The van der Waals surface area contributed by atoms with Crippen molar-refractivity contribution in [1.29, 1.82) is 0 Å². The predicted molar refractivity (Wildman–Crippen MR) is 68.7 cm³/mol. The summed E-state index contributed by atoms with van der Waals surface area (Å²) in [5, 5.41) is 0. The fraction of sp³-hybridized carbons (Fsp3) is 0.0909. The predicted octanol–water partition coefficient (Wildman–Crippen LogP) is 3.53. The second-order valence-electron chi connectivity index (χ2n) is 3.52. The molecular formula is C11H8BrN3S. The molecule has 2 aromatic heterocycles. The van der Waals surface area contributed by atoms with Gasteiger partial charge in [-0.3, -0.25) is 4.40 Å². The van der Waals surface area contributed by atoms with Crippen LogP contribution in [0.3, 0.4) is 0 Å². The Morgan fingerprint density at radius 3 is 2.69 bits per heavy atom. The maximum Gasteiger partial charge on any atom is 0.213 e. The summed E-state index contributed by atoms with van der Waals surface area (Å²) in [6.45, 7) is 1.98. The average Bonchev–Trinajstić information content (AvgIpc) is 2.83. The molecule has 0 radical (unpaired) electrons. The number of rotatable bonds is 1. The van der Waals surface area contributed by atoms with Crippen molar-refractivity contribution >= 4 is 32.4 Å². The molecule has 80 valence electrons. The molecule has 0 aliphatic rings. The molecule has 0 atom stereocenters. The average molecular weight is 294 g/mol. The zero-order valence-corrected chi connectivity index (χ0v) is 10.9. The first-order valence-corrected chi connectivity index (χ1v) is 6.38. The third kappa shape index (κ3) is 1.56. The SMILES string of the molecule is Cc1nsc2nc(-c3ccc(Br)cc3)cn12. The number of imidazole rings is 1. The van der Waals surface area contributed by atoms with E-state index in [0.717, 1.165) is 26.5 Å². The summed E-state index contributed by atoms with van der Waals surface area (Å²) in [7, 11) is 0. The Hall–Kier alpha value is -1.20. The first-order chi connectivity index (χ1) is 7.74. The molecule has 3 rings (SSSR count). The monoisotopic (exact) mass is 293 g/mol. The van der Waals surface area contributed by atoms with E-state index < -0.39 is 0 Å². The van der Waals surface area contributed by atoms with Gasteiger partial charge >= 0.3 is 0 Å². The second-order valence-corrected chi connectivity index (χ2v) is 5.16. The van der Waals surface area contributed by atoms with Crippen molar-refractivity contribution in [2.75, 3.05) is 0 Å². The summed E-state index contributed by atoms with van der Waals surface area (Å²) in [6, 6.07) is 8.15. The lowest BCUT2D eigenvalue weighted by Crippen LogP contribution is -1.81. The van der Waals surface area contributed by atoms with E-state index in [2.05, 4.69) is 37.4 Å². The number of benzene rings is 1. The molecular weight excluding hydrogens is 286 g/mol. The first-order valence-electron chi connectivity index (χ1n) is 4.81. The van der Waals surface area contributed by atoms with E-state index in [0.29, 0.717) is 0 Å². The van der Waals surface area contributed by atoms with Gasteiger partial charge in [0, 0.05) is 27.8 Å². The highest BCUT2D eigenvalue weighted by atomic mass is 79.9. The molecule has 2 heterocycles. The third-order valence-corrected chi connectivity index (χ3v) is 3.76. The summed E-state index contributed by atoms with van der Waals surface area (Å²) in [5.74, 6) is 0.982. The molecule has 5 heteroatoms. The van der Waals surface area contributed by atoms with Gasteiger partial charge in [-0.05, 0) is 19.1 Å². The summed E-state index contributed by atoms with van der Waals surface area (Å²) in [4.78, 5) is 5.48. The number of aromatic nitrogens is 3. The van der Waals surface area contributed by atoms with Crippen LogP contribution in [-0.2, 0) is 0 Å². The fourth-order valence-electron chi connectivity index (χ4n) is 1.57. The third-order valence-electron chi connectivity index (χ3n) is 2.42. The number of hydrogen-bond donors (Lipinski definition) is 0. The van der Waals surface area contributed by atoms with Crippen LogP contribution in [-0.4, -0.2) is 13.8 Å². The van der Waals surface area contributed by atoms with E-state index in [1.807, 2.05) is 29.7 Å². The molecule has 0 N–H and O–H groups in total. The smallest absolute Gasteiger partial charge is 0.213 e. The van der Waals surface area contributed by atoms with Gasteiger partial charge < -0.3 is 0 Å². The highest BCUT2D eigenvalue weighted by molar-refractivity contribution is 9.10. The van der Waals surface area contributed by atoms with Gasteiger partial charge in [0.1, 0.15) is 5.82 Å². The zero-order valence-electron chi connectivity index (χ0n) is 8.51. The standard InChI is InChI=1S/C11H8BrN3S/c1-7-14-16-11-13-10(6-15(7)11)8-2-4-9(12)5-3-8/h2-6H,1H3. The number of hydrogen-bond acceptors (Lipinski definition) is 3. The van der Waals surface area contributed by atoms with Gasteiger partial charge in [-0.1, -0.05) is 28.1 Å². The van der Waals surface area contributed by atoms with Gasteiger partial charge in [0.15, 0.2) is 0 Å². The molecule has 16 heavy (non-hydrogen) atoms.